The fourth-order valence-corrected chi connectivity index (χ4v) is 3.40. The first-order valence-electron chi connectivity index (χ1n) is 9.38. The third-order valence-corrected chi connectivity index (χ3v) is 4.74. The number of nitrogens with one attached hydrogen (secondary N) is 3. The summed E-state index contributed by atoms with van der Waals surface area (Å²) in [5.41, 5.74) is 3.29. The maximum absolute atomic E-state index is 12.3. The predicted octanol–water partition coefficient (Wildman–Crippen LogP) is 2.12. The number of hydrogen-bond acceptors (Lipinski definition) is 4. The summed E-state index contributed by atoms with van der Waals surface area (Å²) in [6, 6.07) is 11.4. The van der Waals surface area contributed by atoms with Crippen LogP contribution in [0.15, 0.2) is 41.2 Å². The summed E-state index contributed by atoms with van der Waals surface area (Å²) in [7, 11) is 0. The van der Waals surface area contributed by atoms with E-state index in [0.29, 0.717) is 24.0 Å². The van der Waals surface area contributed by atoms with Crippen LogP contribution >= 0.6 is 0 Å². The first-order valence-corrected chi connectivity index (χ1v) is 9.38. The van der Waals surface area contributed by atoms with E-state index in [4.69, 9.17) is 0 Å². The van der Waals surface area contributed by atoms with Crippen LogP contribution in [0.3, 0.4) is 0 Å². The number of urea groups is 1. The first kappa shape index (κ1) is 18.0. The zero-order chi connectivity index (χ0) is 19.5. The predicted molar refractivity (Wildman–Crippen MR) is 106 cm³/mol. The highest BCUT2D eigenvalue weighted by molar-refractivity contribution is 5.88. The number of aromatic amines is 1. The molecule has 1 aromatic carbocycles. The lowest BCUT2D eigenvalue weighted by Crippen LogP contribution is -2.31. The third-order valence-electron chi connectivity index (χ3n) is 4.74. The van der Waals surface area contributed by atoms with Crippen LogP contribution in [0.1, 0.15) is 28.9 Å². The van der Waals surface area contributed by atoms with Crippen molar-refractivity contribution in [3.05, 3.63) is 69.3 Å². The van der Waals surface area contributed by atoms with Gasteiger partial charge in [-0.25, -0.2) is 9.78 Å². The molecule has 2 heterocycles. The molecule has 0 atom stereocenters. The molecule has 8 nitrogen and oxygen atoms in total. The zero-order valence-electron chi connectivity index (χ0n) is 15.7. The maximum Gasteiger partial charge on any atom is 0.320 e. The summed E-state index contributed by atoms with van der Waals surface area (Å²) in [5.74, 6) is 0.772. The number of nitrogens with zero attached hydrogens (tertiary/aromatic N) is 3. The summed E-state index contributed by atoms with van der Waals surface area (Å²) in [5, 5.41) is 10.00. The molecule has 0 fully saturated rings. The average Bonchev–Trinajstić information content (AvgIpc) is 3.29. The Morgan fingerprint density at radius 1 is 1.25 bits per heavy atom. The molecule has 2 amide bonds. The number of benzene rings is 1. The van der Waals surface area contributed by atoms with Crippen molar-refractivity contribution >= 4 is 11.8 Å². The number of carbonyl (C=O) groups excluding carboxylic acids is 1. The minimum absolute atomic E-state index is 0.135. The number of fused-ring (bicyclic) bond motifs is 1. The van der Waals surface area contributed by atoms with Crippen molar-refractivity contribution in [1.29, 1.82) is 0 Å². The van der Waals surface area contributed by atoms with E-state index in [1.807, 2.05) is 37.3 Å². The van der Waals surface area contributed by atoms with Crippen molar-refractivity contribution in [2.24, 2.45) is 0 Å². The van der Waals surface area contributed by atoms with Crippen molar-refractivity contribution in [3.63, 3.8) is 0 Å². The Hall–Kier alpha value is -3.42. The van der Waals surface area contributed by atoms with E-state index in [1.54, 1.807) is 6.07 Å². The average molecular weight is 378 g/mol. The van der Waals surface area contributed by atoms with E-state index in [-0.39, 0.29) is 11.6 Å². The molecule has 3 aromatic rings. The SMILES string of the molecule is Cc1cc(NC(=O)NCCc2ccccc2)n(-c2nc3c(c(=O)[nH]2)CCC3)n1. The van der Waals surface area contributed by atoms with Gasteiger partial charge in [-0.3, -0.25) is 15.1 Å². The van der Waals surface area contributed by atoms with Gasteiger partial charge in [0.15, 0.2) is 0 Å². The molecule has 144 valence electrons. The van der Waals surface area contributed by atoms with Gasteiger partial charge in [-0.2, -0.15) is 9.78 Å². The second-order valence-corrected chi connectivity index (χ2v) is 6.87. The van der Waals surface area contributed by atoms with Crippen LogP contribution in [-0.4, -0.2) is 32.3 Å². The number of H-pyrrole nitrogens is 1. The van der Waals surface area contributed by atoms with Crippen molar-refractivity contribution in [2.75, 3.05) is 11.9 Å². The van der Waals surface area contributed by atoms with E-state index in [9.17, 15) is 9.59 Å². The maximum atomic E-state index is 12.3. The van der Waals surface area contributed by atoms with Crippen LogP contribution in [0.25, 0.3) is 5.95 Å². The Morgan fingerprint density at radius 2 is 2.07 bits per heavy atom. The van der Waals surface area contributed by atoms with Crippen molar-refractivity contribution in [3.8, 4) is 5.95 Å². The summed E-state index contributed by atoms with van der Waals surface area (Å²) >= 11 is 0. The summed E-state index contributed by atoms with van der Waals surface area (Å²) in [6.07, 6.45) is 3.22. The molecular weight excluding hydrogens is 356 g/mol. The molecule has 8 heteroatoms. The fourth-order valence-electron chi connectivity index (χ4n) is 3.40. The van der Waals surface area contributed by atoms with Crippen molar-refractivity contribution in [2.45, 2.75) is 32.6 Å². The van der Waals surface area contributed by atoms with Gasteiger partial charge in [0.05, 0.1) is 11.4 Å². The number of rotatable bonds is 5. The van der Waals surface area contributed by atoms with E-state index in [2.05, 4.69) is 25.7 Å². The minimum Gasteiger partial charge on any atom is -0.337 e. The van der Waals surface area contributed by atoms with Gasteiger partial charge in [0.2, 0.25) is 5.95 Å². The number of aryl methyl sites for hydroxylation is 2. The quantitative estimate of drug-likeness (QED) is 0.632. The topological polar surface area (TPSA) is 105 Å². The number of aromatic nitrogens is 4. The van der Waals surface area contributed by atoms with Crippen LogP contribution in [0.4, 0.5) is 10.6 Å². The molecule has 0 spiro atoms. The minimum atomic E-state index is -0.333. The fraction of sp³-hybridized carbons (Fsp3) is 0.300. The van der Waals surface area contributed by atoms with Gasteiger partial charge in [0.25, 0.3) is 5.56 Å². The van der Waals surface area contributed by atoms with Crippen LogP contribution < -0.4 is 16.2 Å². The van der Waals surface area contributed by atoms with E-state index >= 15 is 0 Å². The molecule has 0 bridgehead atoms. The van der Waals surface area contributed by atoms with Crippen molar-refractivity contribution in [1.82, 2.24) is 25.1 Å². The van der Waals surface area contributed by atoms with Gasteiger partial charge in [-0.1, -0.05) is 30.3 Å². The van der Waals surface area contributed by atoms with Gasteiger partial charge in [-0.05, 0) is 38.2 Å². The normalized spacial score (nSPS) is 12.6. The Balaban J connectivity index is 1.47. The Labute approximate surface area is 162 Å². The molecule has 0 saturated heterocycles. The zero-order valence-corrected chi connectivity index (χ0v) is 15.7. The molecule has 1 aliphatic carbocycles. The van der Waals surface area contributed by atoms with E-state index < -0.39 is 0 Å². The Kier molecular flexibility index (Phi) is 4.92. The van der Waals surface area contributed by atoms with Gasteiger partial charge in [0, 0.05) is 18.2 Å². The highest BCUT2D eigenvalue weighted by Crippen LogP contribution is 2.19. The smallest absolute Gasteiger partial charge is 0.320 e. The molecule has 2 aromatic heterocycles. The summed E-state index contributed by atoms with van der Waals surface area (Å²) in [4.78, 5) is 31.9. The van der Waals surface area contributed by atoms with Gasteiger partial charge in [-0.15, -0.1) is 0 Å². The third kappa shape index (κ3) is 3.80. The molecule has 0 unspecified atom stereocenters. The van der Waals surface area contributed by atoms with Gasteiger partial charge >= 0.3 is 6.03 Å². The molecule has 1 aliphatic rings. The van der Waals surface area contributed by atoms with Crippen LogP contribution in [-0.2, 0) is 19.3 Å². The second kappa shape index (κ2) is 7.67. The molecule has 28 heavy (non-hydrogen) atoms. The molecule has 4 rings (SSSR count). The van der Waals surface area contributed by atoms with E-state index in [1.165, 1.54) is 4.68 Å². The van der Waals surface area contributed by atoms with Crippen LogP contribution in [0, 0.1) is 6.92 Å². The molecular formula is C20H22N6O2. The van der Waals surface area contributed by atoms with Crippen LogP contribution in [0.5, 0.6) is 0 Å². The number of carbonyl (C=O) groups is 1. The highest BCUT2D eigenvalue weighted by Gasteiger charge is 2.19. The monoisotopic (exact) mass is 378 g/mol. The summed E-state index contributed by atoms with van der Waals surface area (Å²) < 4.78 is 1.46. The van der Waals surface area contributed by atoms with Crippen LogP contribution in [0.2, 0.25) is 0 Å². The Morgan fingerprint density at radius 3 is 2.89 bits per heavy atom. The highest BCUT2D eigenvalue weighted by atomic mass is 16.2. The molecule has 0 radical (unpaired) electrons. The summed E-state index contributed by atoms with van der Waals surface area (Å²) in [6.45, 7) is 2.33. The lowest BCUT2D eigenvalue weighted by Gasteiger charge is -2.10. The van der Waals surface area contributed by atoms with Gasteiger partial charge < -0.3 is 5.32 Å². The Bertz CT molecular complexity index is 1050. The van der Waals surface area contributed by atoms with Crippen molar-refractivity contribution < 1.29 is 4.79 Å². The second-order valence-electron chi connectivity index (χ2n) is 6.87. The molecule has 3 N–H and O–H groups in total. The first-order chi connectivity index (χ1) is 13.6. The molecule has 0 aliphatic heterocycles. The largest absolute Gasteiger partial charge is 0.337 e. The lowest BCUT2D eigenvalue weighted by atomic mass is 10.1. The van der Waals surface area contributed by atoms with Gasteiger partial charge in [0.1, 0.15) is 5.82 Å². The molecule has 0 saturated carbocycles. The number of amides is 2. The standard InChI is InChI=1S/C20H22N6O2/c1-13-12-17(23-20(28)21-11-10-14-6-3-2-4-7-14)26(25-13)19-22-16-9-5-8-15(16)18(27)24-19/h2-4,6-7,12H,5,8-11H2,1H3,(H2,21,23,28)(H,22,24,27). The lowest BCUT2D eigenvalue weighted by molar-refractivity contribution is 0.252. The van der Waals surface area contributed by atoms with E-state index in [0.717, 1.165) is 42.5 Å². The number of hydrogen-bond donors (Lipinski definition) is 3. The number of anilines is 1.